The zero-order chi connectivity index (χ0) is 8.10. The average molecular weight is 173 g/mol. The minimum Gasteiger partial charge on any atom is -0.393 e. The number of nitrogens with one attached hydrogen (secondary N) is 1. The molecule has 0 bridgehead atoms. The van der Waals surface area contributed by atoms with Gasteiger partial charge in [0, 0.05) is 6.54 Å². The van der Waals surface area contributed by atoms with Gasteiger partial charge in [0.05, 0.1) is 6.10 Å². The molecular weight excluding hydrogens is 162 g/mol. The molecule has 0 aliphatic heterocycles. The van der Waals surface area contributed by atoms with E-state index in [-0.39, 0.29) is 6.10 Å². The molecule has 1 atom stereocenters. The highest BCUT2D eigenvalue weighted by molar-refractivity contribution is 7.13. The lowest BCUT2D eigenvalue weighted by Gasteiger charge is -2.03. The molecule has 0 saturated carbocycles. The van der Waals surface area contributed by atoms with Crippen LogP contribution in [0, 0.1) is 0 Å². The molecule has 5 heteroatoms. The van der Waals surface area contributed by atoms with Crippen LogP contribution in [0.4, 0.5) is 5.13 Å². The summed E-state index contributed by atoms with van der Waals surface area (Å²) in [5.41, 5.74) is 1.67. The maximum absolute atomic E-state index is 8.91. The minimum atomic E-state index is -0.254. The van der Waals surface area contributed by atoms with E-state index in [0.29, 0.717) is 0 Å². The van der Waals surface area contributed by atoms with Crippen molar-refractivity contribution in [2.75, 3.05) is 11.9 Å². The largest absolute Gasteiger partial charge is 0.393 e. The normalized spacial score (nSPS) is 12.9. The number of anilines is 1. The van der Waals surface area contributed by atoms with Gasteiger partial charge in [0.25, 0.3) is 0 Å². The quantitative estimate of drug-likeness (QED) is 0.704. The lowest BCUT2D eigenvalue weighted by molar-refractivity contribution is 0.189. The Morgan fingerprint density at radius 1 is 1.82 bits per heavy atom. The van der Waals surface area contributed by atoms with E-state index in [9.17, 15) is 0 Å². The van der Waals surface area contributed by atoms with Crippen LogP contribution >= 0.6 is 11.3 Å². The van der Waals surface area contributed by atoms with E-state index in [1.807, 2.05) is 0 Å². The van der Waals surface area contributed by atoms with E-state index in [1.54, 1.807) is 12.4 Å². The van der Waals surface area contributed by atoms with E-state index in [0.717, 1.165) is 18.1 Å². The van der Waals surface area contributed by atoms with Crippen LogP contribution in [-0.4, -0.2) is 28.0 Å². The predicted molar refractivity (Wildman–Crippen MR) is 44.7 cm³/mol. The first kappa shape index (κ1) is 8.42. The predicted octanol–water partition coefficient (Wildman–Crippen LogP) is 0.721. The third kappa shape index (κ3) is 3.29. The zero-order valence-corrected chi connectivity index (χ0v) is 7.14. The third-order valence-electron chi connectivity index (χ3n) is 1.20. The number of aromatic nitrogens is 2. The van der Waals surface area contributed by atoms with Crippen LogP contribution in [-0.2, 0) is 0 Å². The van der Waals surface area contributed by atoms with Crippen LogP contribution in [0.1, 0.15) is 13.3 Å². The summed E-state index contributed by atoms with van der Waals surface area (Å²) >= 11 is 1.46. The average Bonchev–Trinajstić information content (AvgIpc) is 2.39. The maximum Gasteiger partial charge on any atom is 0.205 e. The van der Waals surface area contributed by atoms with Crippen LogP contribution in [0.2, 0.25) is 0 Å². The summed E-state index contributed by atoms with van der Waals surface area (Å²) in [4.78, 5) is 0. The lowest BCUT2D eigenvalue weighted by atomic mass is 10.3. The molecule has 1 heterocycles. The third-order valence-corrected chi connectivity index (χ3v) is 1.85. The summed E-state index contributed by atoms with van der Waals surface area (Å²) < 4.78 is 0. The van der Waals surface area contributed by atoms with Crippen molar-refractivity contribution in [1.29, 1.82) is 0 Å². The summed E-state index contributed by atoms with van der Waals surface area (Å²) in [7, 11) is 0. The number of aliphatic hydroxyl groups is 1. The number of aliphatic hydroxyl groups excluding tert-OH is 1. The van der Waals surface area contributed by atoms with Crippen LogP contribution in [0.5, 0.6) is 0 Å². The van der Waals surface area contributed by atoms with Gasteiger partial charge < -0.3 is 10.4 Å². The molecule has 1 rings (SSSR count). The van der Waals surface area contributed by atoms with Crippen LogP contribution in [0.3, 0.4) is 0 Å². The summed E-state index contributed by atoms with van der Waals surface area (Å²) in [5.74, 6) is 0. The Morgan fingerprint density at radius 2 is 2.64 bits per heavy atom. The van der Waals surface area contributed by atoms with E-state index in [1.165, 1.54) is 11.3 Å². The second kappa shape index (κ2) is 4.25. The van der Waals surface area contributed by atoms with Crippen molar-refractivity contribution in [3.63, 3.8) is 0 Å². The summed E-state index contributed by atoms with van der Waals surface area (Å²) in [6.45, 7) is 2.51. The molecule has 0 amide bonds. The van der Waals surface area contributed by atoms with Gasteiger partial charge in [-0.05, 0) is 13.3 Å². The van der Waals surface area contributed by atoms with Gasteiger partial charge in [0.2, 0.25) is 5.13 Å². The first-order valence-corrected chi connectivity index (χ1v) is 4.35. The summed E-state index contributed by atoms with van der Waals surface area (Å²) in [5, 5.41) is 20.2. The fourth-order valence-corrected chi connectivity index (χ4v) is 1.11. The zero-order valence-electron chi connectivity index (χ0n) is 6.32. The topological polar surface area (TPSA) is 58.0 Å². The molecule has 0 saturated heterocycles. The first-order valence-electron chi connectivity index (χ1n) is 3.47. The van der Waals surface area contributed by atoms with Crippen molar-refractivity contribution in [1.82, 2.24) is 10.2 Å². The van der Waals surface area contributed by atoms with Crippen molar-refractivity contribution in [2.24, 2.45) is 0 Å². The van der Waals surface area contributed by atoms with Crippen molar-refractivity contribution in [3.8, 4) is 0 Å². The number of hydrogen-bond donors (Lipinski definition) is 2. The highest BCUT2D eigenvalue weighted by Gasteiger charge is 1.96. The smallest absolute Gasteiger partial charge is 0.205 e. The number of hydrogen-bond acceptors (Lipinski definition) is 5. The van der Waals surface area contributed by atoms with Gasteiger partial charge in [-0.15, -0.1) is 10.2 Å². The van der Waals surface area contributed by atoms with E-state index >= 15 is 0 Å². The van der Waals surface area contributed by atoms with Crippen molar-refractivity contribution >= 4 is 16.5 Å². The van der Waals surface area contributed by atoms with Crippen molar-refractivity contribution < 1.29 is 5.11 Å². The fourth-order valence-electron chi connectivity index (χ4n) is 0.638. The van der Waals surface area contributed by atoms with Crippen LogP contribution in [0.25, 0.3) is 0 Å². The van der Waals surface area contributed by atoms with Gasteiger partial charge >= 0.3 is 0 Å². The molecule has 0 aromatic carbocycles. The fraction of sp³-hybridized carbons (Fsp3) is 0.667. The molecule has 4 nitrogen and oxygen atoms in total. The van der Waals surface area contributed by atoms with Gasteiger partial charge in [-0.1, -0.05) is 11.3 Å². The summed E-state index contributed by atoms with van der Waals surface area (Å²) in [6.07, 6.45) is 0.481. The Kier molecular flexibility index (Phi) is 3.25. The molecule has 0 spiro atoms. The molecule has 0 radical (unpaired) electrons. The molecule has 1 aromatic rings. The van der Waals surface area contributed by atoms with E-state index in [4.69, 9.17) is 5.11 Å². The molecular formula is C6H11N3OS. The van der Waals surface area contributed by atoms with E-state index in [2.05, 4.69) is 15.5 Å². The van der Waals surface area contributed by atoms with Crippen molar-refractivity contribution in [3.05, 3.63) is 5.51 Å². The van der Waals surface area contributed by atoms with Gasteiger partial charge in [-0.25, -0.2) is 0 Å². The van der Waals surface area contributed by atoms with Crippen LogP contribution < -0.4 is 5.32 Å². The molecule has 1 aromatic heterocycles. The van der Waals surface area contributed by atoms with Gasteiger partial charge in [-0.2, -0.15) is 0 Å². The molecule has 62 valence electrons. The Bertz CT molecular complexity index is 188. The maximum atomic E-state index is 8.91. The van der Waals surface area contributed by atoms with E-state index < -0.39 is 0 Å². The second-order valence-electron chi connectivity index (χ2n) is 2.31. The molecule has 2 N–H and O–H groups in total. The highest BCUT2D eigenvalue weighted by Crippen LogP contribution is 2.07. The Morgan fingerprint density at radius 3 is 3.18 bits per heavy atom. The number of nitrogens with zero attached hydrogens (tertiary/aromatic N) is 2. The standard InChI is InChI=1S/C6H11N3OS/c1-5(10)2-3-7-6-9-8-4-11-6/h4-5,10H,2-3H2,1H3,(H,7,9). The first-order chi connectivity index (χ1) is 5.29. The monoisotopic (exact) mass is 173 g/mol. The Hall–Kier alpha value is -0.680. The Balaban J connectivity index is 2.14. The lowest BCUT2D eigenvalue weighted by Crippen LogP contribution is -2.09. The highest BCUT2D eigenvalue weighted by atomic mass is 32.1. The van der Waals surface area contributed by atoms with Gasteiger partial charge in [-0.3, -0.25) is 0 Å². The SMILES string of the molecule is CC(O)CCNc1nncs1. The second-order valence-corrected chi connectivity index (χ2v) is 3.14. The molecule has 11 heavy (non-hydrogen) atoms. The van der Waals surface area contributed by atoms with Crippen LogP contribution in [0.15, 0.2) is 5.51 Å². The molecule has 0 aliphatic carbocycles. The molecule has 0 aliphatic rings. The molecule has 0 fully saturated rings. The Labute approximate surface area is 69.3 Å². The summed E-state index contributed by atoms with van der Waals surface area (Å²) in [6, 6.07) is 0. The molecule has 1 unspecified atom stereocenters. The van der Waals surface area contributed by atoms with Crippen molar-refractivity contribution in [2.45, 2.75) is 19.4 Å². The number of rotatable bonds is 4. The minimum absolute atomic E-state index is 0.254. The van der Waals surface area contributed by atoms with Gasteiger partial charge in [0.1, 0.15) is 5.51 Å². The van der Waals surface area contributed by atoms with Gasteiger partial charge in [0.15, 0.2) is 0 Å².